The first kappa shape index (κ1) is 29.7. The fourth-order valence-electron chi connectivity index (χ4n) is 5.15. The molecule has 0 bridgehead atoms. The Morgan fingerprint density at radius 1 is 1.05 bits per heavy atom. The number of hydrogen-bond donors (Lipinski definition) is 2. The smallest absolute Gasteiger partial charge is 0.282 e. The van der Waals surface area contributed by atoms with Crippen molar-refractivity contribution in [1.29, 1.82) is 0 Å². The standard InChI is InChI=1S/C33H35FN6O3/c1-7-35-23-11-12-29(36-17-23)39(6)28-14-21(18-38(5)31(28)42)24-9-8-10-27(25(24)19-41)40-32(43)30-20(16-37-40)13-22(15-26(30)34)33(2,3)4/h8-18,35,41H,7,19H2,1-6H3. The summed E-state index contributed by atoms with van der Waals surface area (Å²) in [6.45, 7) is 8.26. The molecule has 0 saturated carbocycles. The van der Waals surface area contributed by atoms with Crippen LogP contribution in [0.5, 0.6) is 0 Å². The first-order valence-corrected chi connectivity index (χ1v) is 14.0. The highest BCUT2D eigenvalue weighted by atomic mass is 19.1. The number of hydrogen-bond acceptors (Lipinski definition) is 7. The van der Waals surface area contributed by atoms with E-state index in [1.807, 2.05) is 39.8 Å². The maximum atomic E-state index is 15.3. The van der Waals surface area contributed by atoms with Crippen molar-refractivity contribution in [1.82, 2.24) is 19.3 Å². The highest BCUT2D eigenvalue weighted by molar-refractivity contribution is 5.83. The number of aromatic nitrogens is 4. The van der Waals surface area contributed by atoms with E-state index in [4.69, 9.17) is 0 Å². The van der Waals surface area contributed by atoms with Crippen molar-refractivity contribution in [2.24, 2.45) is 7.05 Å². The molecule has 0 aliphatic heterocycles. The van der Waals surface area contributed by atoms with Crippen LogP contribution in [0, 0.1) is 5.82 Å². The van der Waals surface area contributed by atoms with Gasteiger partial charge in [-0.15, -0.1) is 0 Å². The van der Waals surface area contributed by atoms with Crippen LogP contribution in [0.3, 0.4) is 0 Å². The van der Waals surface area contributed by atoms with Gasteiger partial charge in [-0.25, -0.2) is 9.37 Å². The van der Waals surface area contributed by atoms with E-state index in [1.165, 1.54) is 16.8 Å². The molecule has 0 atom stereocenters. The molecule has 2 aromatic carbocycles. The van der Waals surface area contributed by atoms with Crippen molar-refractivity contribution in [3.05, 3.63) is 105 Å². The maximum absolute atomic E-state index is 15.3. The quantitative estimate of drug-likeness (QED) is 0.269. The van der Waals surface area contributed by atoms with Gasteiger partial charge in [0.2, 0.25) is 0 Å². The van der Waals surface area contributed by atoms with Gasteiger partial charge >= 0.3 is 0 Å². The van der Waals surface area contributed by atoms with Crippen molar-refractivity contribution < 1.29 is 9.50 Å². The molecule has 0 aliphatic rings. The van der Waals surface area contributed by atoms with E-state index >= 15 is 4.39 Å². The summed E-state index contributed by atoms with van der Waals surface area (Å²) in [7, 11) is 3.41. The van der Waals surface area contributed by atoms with Crippen molar-refractivity contribution in [2.45, 2.75) is 39.7 Å². The molecule has 3 aromatic heterocycles. The summed E-state index contributed by atoms with van der Waals surface area (Å²) in [6.07, 6.45) is 4.85. The number of halogens is 1. The molecule has 0 aliphatic carbocycles. The minimum atomic E-state index is -0.629. The largest absolute Gasteiger partial charge is 0.392 e. The third kappa shape index (κ3) is 5.53. The summed E-state index contributed by atoms with van der Waals surface area (Å²) in [5.74, 6) is -0.0428. The zero-order valence-electron chi connectivity index (χ0n) is 25.1. The van der Waals surface area contributed by atoms with Crippen LogP contribution in [0.15, 0.2) is 76.7 Å². The molecule has 9 nitrogen and oxygen atoms in total. The molecular formula is C33H35FN6O3. The Morgan fingerprint density at radius 2 is 1.81 bits per heavy atom. The fourth-order valence-corrected chi connectivity index (χ4v) is 5.15. The maximum Gasteiger partial charge on any atom is 0.282 e. The lowest BCUT2D eigenvalue weighted by molar-refractivity contribution is 0.282. The van der Waals surface area contributed by atoms with Gasteiger partial charge in [0.15, 0.2) is 0 Å². The molecule has 10 heteroatoms. The van der Waals surface area contributed by atoms with E-state index in [0.717, 1.165) is 22.5 Å². The zero-order valence-corrected chi connectivity index (χ0v) is 25.1. The number of pyridine rings is 2. The summed E-state index contributed by atoms with van der Waals surface area (Å²) in [5, 5.41) is 18.5. The number of aryl methyl sites for hydroxylation is 1. The molecule has 0 unspecified atom stereocenters. The average molecular weight is 583 g/mol. The zero-order chi connectivity index (χ0) is 31.1. The minimum Gasteiger partial charge on any atom is -0.392 e. The predicted octanol–water partition coefficient (Wildman–Crippen LogP) is 5.28. The molecule has 0 spiro atoms. The number of aliphatic hydroxyl groups excluding tert-OH is 1. The van der Waals surface area contributed by atoms with Crippen LogP contribution in [0.4, 0.5) is 21.6 Å². The van der Waals surface area contributed by atoms with Crippen molar-refractivity contribution in [2.75, 3.05) is 23.8 Å². The number of nitrogens with zero attached hydrogens (tertiary/aromatic N) is 5. The molecule has 0 amide bonds. The third-order valence-corrected chi connectivity index (χ3v) is 7.55. The molecule has 2 N–H and O–H groups in total. The van der Waals surface area contributed by atoms with Crippen molar-refractivity contribution in [3.8, 4) is 16.8 Å². The normalized spacial score (nSPS) is 11.6. The number of nitrogens with one attached hydrogen (secondary N) is 1. The second kappa shape index (κ2) is 11.4. The molecule has 43 heavy (non-hydrogen) atoms. The van der Waals surface area contributed by atoms with Gasteiger partial charge < -0.3 is 19.9 Å². The predicted molar refractivity (Wildman–Crippen MR) is 169 cm³/mol. The van der Waals surface area contributed by atoms with E-state index in [1.54, 1.807) is 61.7 Å². The Balaban J connectivity index is 1.63. The summed E-state index contributed by atoms with van der Waals surface area (Å²) in [6, 6.07) is 13.8. The monoisotopic (exact) mass is 582 g/mol. The lowest BCUT2D eigenvalue weighted by Crippen LogP contribution is -2.26. The molecule has 0 fully saturated rings. The van der Waals surface area contributed by atoms with Crippen molar-refractivity contribution in [3.63, 3.8) is 0 Å². The first-order chi connectivity index (χ1) is 20.4. The second-order valence-corrected chi connectivity index (χ2v) is 11.5. The van der Waals surface area contributed by atoms with Crippen LogP contribution in [0.25, 0.3) is 27.6 Å². The van der Waals surface area contributed by atoms with Gasteiger partial charge in [-0.3, -0.25) is 9.59 Å². The lowest BCUT2D eigenvalue weighted by atomic mass is 9.86. The SMILES string of the molecule is CCNc1ccc(N(C)c2cc(-c3cccc(-n4ncc5cc(C(C)(C)C)cc(F)c5c4=O)c3CO)cn(C)c2=O)nc1. The Bertz CT molecular complexity index is 1940. The summed E-state index contributed by atoms with van der Waals surface area (Å²) in [4.78, 5) is 33.0. The highest BCUT2D eigenvalue weighted by Gasteiger charge is 2.21. The van der Waals surface area contributed by atoms with Crippen LogP contribution in [-0.4, -0.2) is 38.0 Å². The van der Waals surface area contributed by atoms with Crippen LogP contribution in [0.2, 0.25) is 0 Å². The first-order valence-electron chi connectivity index (χ1n) is 14.0. The minimum absolute atomic E-state index is 0.0732. The number of fused-ring (bicyclic) bond motifs is 1. The van der Waals surface area contributed by atoms with Crippen LogP contribution in [0.1, 0.15) is 38.8 Å². The number of aliphatic hydroxyl groups is 1. The Morgan fingerprint density at radius 3 is 2.47 bits per heavy atom. The van der Waals surface area contributed by atoms with Crippen LogP contribution < -0.4 is 21.3 Å². The van der Waals surface area contributed by atoms with Gasteiger partial charge in [0, 0.05) is 43.4 Å². The molecule has 222 valence electrons. The number of rotatable bonds is 7. The van der Waals surface area contributed by atoms with Gasteiger partial charge in [-0.1, -0.05) is 32.9 Å². The van der Waals surface area contributed by atoms with Gasteiger partial charge in [0.05, 0.1) is 35.8 Å². The van der Waals surface area contributed by atoms with Gasteiger partial charge in [0.25, 0.3) is 11.1 Å². The molecule has 0 saturated heterocycles. The van der Waals surface area contributed by atoms with E-state index in [2.05, 4.69) is 15.4 Å². The van der Waals surface area contributed by atoms with Crippen LogP contribution in [-0.2, 0) is 19.1 Å². The second-order valence-electron chi connectivity index (χ2n) is 11.5. The summed E-state index contributed by atoms with van der Waals surface area (Å²) in [5.41, 5.74) is 2.78. The highest BCUT2D eigenvalue weighted by Crippen LogP contribution is 2.32. The molecule has 3 heterocycles. The Kier molecular flexibility index (Phi) is 7.90. The fraction of sp³-hybridized carbons (Fsp3) is 0.273. The average Bonchev–Trinajstić information content (AvgIpc) is 2.98. The molecular weight excluding hydrogens is 547 g/mol. The summed E-state index contributed by atoms with van der Waals surface area (Å²) < 4.78 is 17.9. The van der Waals surface area contributed by atoms with Gasteiger partial charge in [-0.05, 0) is 59.9 Å². The Labute approximate surface area is 248 Å². The van der Waals surface area contributed by atoms with E-state index in [-0.39, 0.29) is 16.4 Å². The van der Waals surface area contributed by atoms with Gasteiger partial charge in [-0.2, -0.15) is 9.78 Å². The third-order valence-electron chi connectivity index (χ3n) is 7.55. The van der Waals surface area contributed by atoms with E-state index in [9.17, 15) is 14.7 Å². The van der Waals surface area contributed by atoms with E-state index < -0.39 is 18.0 Å². The molecule has 5 rings (SSSR count). The Hall–Kier alpha value is -4.83. The van der Waals surface area contributed by atoms with Crippen LogP contribution >= 0.6 is 0 Å². The van der Waals surface area contributed by atoms with Gasteiger partial charge in [0.1, 0.15) is 17.3 Å². The van der Waals surface area contributed by atoms with Crippen molar-refractivity contribution >= 4 is 28.0 Å². The molecule has 0 radical (unpaired) electrons. The number of benzene rings is 2. The molecule has 5 aromatic rings. The van der Waals surface area contributed by atoms with E-state index in [0.29, 0.717) is 39.3 Å². The summed E-state index contributed by atoms with van der Waals surface area (Å²) >= 11 is 0. The topological polar surface area (TPSA) is 105 Å². The lowest BCUT2D eigenvalue weighted by Gasteiger charge is -2.21. The number of anilines is 3.